The number of aryl methyl sites for hydroxylation is 3. The van der Waals surface area contributed by atoms with Gasteiger partial charge in [-0.25, -0.2) is 19.4 Å². The highest BCUT2D eigenvalue weighted by Gasteiger charge is 2.33. The van der Waals surface area contributed by atoms with E-state index in [4.69, 9.17) is 30.0 Å². The topological polar surface area (TPSA) is 160 Å². The van der Waals surface area contributed by atoms with Crippen LogP contribution in [0.15, 0.2) is 54.6 Å². The fourth-order valence-corrected chi connectivity index (χ4v) is 3.63. The molecule has 3 aromatic carbocycles. The van der Waals surface area contributed by atoms with Crippen LogP contribution in [0.5, 0.6) is 17.2 Å². The van der Waals surface area contributed by atoms with Gasteiger partial charge in [0.15, 0.2) is 0 Å². The van der Waals surface area contributed by atoms with E-state index in [-0.39, 0.29) is 40.7 Å². The highest BCUT2D eigenvalue weighted by Crippen LogP contribution is 2.31. The van der Waals surface area contributed by atoms with Gasteiger partial charge in [0, 0.05) is 30.9 Å². The minimum Gasteiger partial charge on any atom is -0.388 e. The van der Waals surface area contributed by atoms with Crippen LogP contribution >= 0.6 is 0 Å². The van der Waals surface area contributed by atoms with Crippen molar-refractivity contribution in [1.82, 2.24) is 0 Å². The number of nitrogens with zero attached hydrogens (tertiary/aromatic N) is 6. The van der Waals surface area contributed by atoms with Crippen molar-refractivity contribution < 1.29 is 28.6 Å². The third-order valence-electron chi connectivity index (χ3n) is 5.89. The molecule has 0 fully saturated rings. The third-order valence-corrected chi connectivity index (χ3v) is 5.89. The zero-order valence-corrected chi connectivity index (χ0v) is 21.9. The van der Waals surface area contributed by atoms with E-state index in [2.05, 4.69) is 0 Å². The molecular formula is C28H22N6O6. The first-order valence-electron chi connectivity index (χ1n) is 11.5. The van der Waals surface area contributed by atoms with Gasteiger partial charge in [-0.3, -0.25) is 9.69 Å². The fraction of sp³-hybridized carbons (Fsp3) is 0.143. The van der Waals surface area contributed by atoms with Crippen molar-refractivity contribution in [2.75, 3.05) is 21.7 Å². The van der Waals surface area contributed by atoms with Crippen LogP contribution in [0.3, 0.4) is 0 Å². The summed E-state index contributed by atoms with van der Waals surface area (Å²) in [6.07, 6.45) is 4.91. The Morgan fingerprint density at radius 1 is 0.675 bits per heavy atom. The average molecular weight is 539 g/mol. The fourth-order valence-electron chi connectivity index (χ4n) is 3.63. The molecule has 0 bridgehead atoms. The van der Waals surface area contributed by atoms with Crippen molar-refractivity contribution in [3.63, 3.8) is 0 Å². The zero-order valence-electron chi connectivity index (χ0n) is 21.9. The molecule has 0 radical (unpaired) electrons. The second-order valence-corrected chi connectivity index (χ2v) is 8.36. The van der Waals surface area contributed by atoms with Gasteiger partial charge < -0.3 is 14.2 Å². The zero-order chi connectivity index (χ0) is 29.4. The number of hydrogen-bond acceptors (Lipinski definition) is 9. The van der Waals surface area contributed by atoms with Gasteiger partial charge in [0.1, 0.15) is 17.2 Å². The average Bonchev–Trinajstić information content (AvgIpc) is 2.94. The van der Waals surface area contributed by atoms with Crippen molar-refractivity contribution in [3.8, 4) is 36.0 Å². The van der Waals surface area contributed by atoms with Crippen LogP contribution in [0, 0.1) is 55.3 Å². The molecule has 0 aromatic heterocycles. The minimum atomic E-state index is -1.08. The van der Waals surface area contributed by atoms with Crippen LogP contribution in [0.4, 0.5) is 26.7 Å². The van der Waals surface area contributed by atoms with E-state index in [0.29, 0.717) is 26.5 Å². The summed E-state index contributed by atoms with van der Waals surface area (Å²) < 4.78 is 14.9. The number of carbonyl (C=O) groups excluding carboxylic acids is 3. The molecule has 0 heterocycles. The molecule has 12 nitrogen and oxygen atoms in total. The quantitative estimate of drug-likeness (QED) is 0.296. The number of ether oxygens (including phenoxy) is 3. The van der Waals surface area contributed by atoms with Crippen molar-refractivity contribution in [3.05, 3.63) is 71.3 Å². The van der Waals surface area contributed by atoms with Crippen LogP contribution in [-0.4, -0.2) is 25.5 Å². The molecule has 0 unspecified atom stereocenters. The normalized spacial score (nSPS) is 9.72. The number of amides is 5. The summed E-state index contributed by atoms with van der Waals surface area (Å²) >= 11 is 0. The SMILES string of the molecule is Cc1ccc(N(C)C(=O)N(C(=O)N(C=O)c2ccc(C)c(OC#N)c2)c2ccc(C)c(OC#N)c2)cc1OC#N. The maximum absolute atomic E-state index is 13.9. The summed E-state index contributed by atoms with van der Waals surface area (Å²) in [5.74, 6) is 0.405. The lowest BCUT2D eigenvalue weighted by Crippen LogP contribution is -2.51. The van der Waals surface area contributed by atoms with Crippen LogP contribution < -0.4 is 28.9 Å². The van der Waals surface area contributed by atoms with Crippen LogP contribution in [0.2, 0.25) is 0 Å². The van der Waals surface area contributed by atoms with E-state index >= 15 is 0 Å². The smallest absolute Gasteiger partial charge is 0.343 e. The van der Waals surface area contributed by atoms with Gasteiger partial charge in [0.05, 0.1) is 11.4 Å². The van der Waals surface area contributed by atoms with E-state index in [1.807, 2.05) is 0 Å². The molecule has 5 amide bonds. The third kappa shape index (κ3) is 5.91. The first-order valence-corrected chi connectivity index (χ1v) is 11.5. The largest absolute Gasteiger partial charge is 0.388 e. The monoisotopic (exact) mass is 538 g/mol. The molecule has 0 aliphatic heterocycles. The predicted molar refractivity (Wildman–Crippen MR) is 142 cm³/mol. The van der Waals surface area contributed by atoms with Gasteiger partial charge in [0.25, 0.3) is 18.8 Å². The van der Waals surface area contributed by atoms with Gasteiger partial charge in [-0.1, -0.05) is 18.2 Å². The van der Waals surface area contributed by atoms with Gasteiger partial charge in [0.2, 0.25) is 6.41 Å². The van der Waals surface area contributed by atoms with E-state index < -0.39 is 12.1 Å². The minimum absolute atomic E-state index is 0.00855. The lowest BCUT2D eigenvalue weighted by molar-refractivity contribution is -0.106. The Morgan fingerprint density at radius 2 is 1.07 bits per heavy atom. The van der Waals surface area contributed by atoms with Gasteiger partial charge in [-0.05, 0) is 55.7 Å². The highest BCUT2D eigenvalue weighted by molar-refractivity contribution is 6.26. The molecular weight excluding hydrogens is 516 g/mol. The molecule has 40 heavy (non-hydrogen) atoms. The lowest BCUT2D eigenvalue weighted by atomic mass is 10.1. The Morgan fingerprint density at radius 3 is 1.52 bits per heavy atom. The number of carbonyl (C=O) groups is 3. The Kier molecular flexibility index (Phi) is 8.88. The van der Waals surface area contributed by atoms with Crippen LogP contribution in [-0.2, 0) is 4.79 Å². The summed E-state index contributed by atoms with van der Waals surface area (Å²) in [6, 6.07) is 11.3. The molecule has 0 saturated heterocycles. The number of anilines is 3. The number of nitriles is 3. The molecule has 0 aliphatic rings. The summed E-state index contributed by atoms with van der Waals surface area (Å²) in [5.41, 5.74) is 2.06. The summed E-state index contributed by atoms with van der Waals surface area (Å²) in [7, 11) is 1.39. The number of benzene rings is 3. The molecule has 0 N–H and O–H groups in total. The number of imide groups is 2. The van der Waals surface area contributed by atoms with E-state index in [9.17, 15) is 14.4 Å². The first-order chi connectivity index (χ1) is 19.2. The Balaban J connectivity index is 2.15. The Labute approximate surface area is 229 Å². The Bertz CT molecular complexity index is 1600. The van der Waals surface area contributed by atoms with Gasteiger partial charge >= 0.3 is 12.1 Å². The maximum atomic E-state index is 13.9. The molecule has 0 saturated carbocycles. The van der Waals surface area contributed by atoms with E-state index in [1.165, 1.54) is 49.5 Å². The first kappa shape index (κ1) is 28.5. The highest BCUT2D eigenvalue weighted by atomic mass is 16.5. The van der Waals surface area contributed by atoms with Gasteiger partial charge in [-0.2, -0.15) is 0 Å². The molecule has 0 spiro atoms. The molecule has 3 rings (SSSR count). The molecule has 0 aliphatic carbocycles. The maximum Gasteiger partial charge on any atom is 0.343 e. The van der Waals surface area contributed by atoms with E-state index in [0.717, 1.165) is 4.90 Å². The number of hydrogen-bond donors (Lipinski definition) is 0. The lowest BCUT2D eigenvalue weighted by Gasteiger charge is -2.30. The Hall–Kier alpha value is -6.06. The van der Waals surface area contributed by atoms with Crippen LogP contribution in [0.1, 0.15) is 16.7 Å². The second-order valence-electron chi connectivity index (χ2n) is 8.36. The molecule has 12 heteroatoms. The number of rotatable bonds is 7. The van der Waals surface area contributed by atoms with Crippen molar-refractivity contribution in [2.45, 2.75) is 20.8 Å². The van der Waals surface area contributed by atoms with Crippen molar-refractivity contribution in [2.24, 2.45) is 0 Å². The molecule has 0 atom stereocenters. The second kappa shape index (κ2) is 12.5. The number of urea groups is 2. The standard InChI is InChI=1S/C28H22N6O6/c1-18-5-8-21(11-24(18)38-14-29)32(4)27(36)34(23-10-7-20(3)26(13-23)40-16-31)28(37)33(17-35)22-9-6-19(2)25(12-22)39-15-30/h5-13,17H,1-4H3. The summed E-state index contributed by atoms with van der Waals surface area (Å²) in [4.78, 5) is 42.5. The van der Waals surface area contributed by atoms with Gasteiger partial charge in [-0.15, -0.1) is 15.8 Å². The summed E-state index contributed by atoms with van der Waals surface area (Å²) in [5, 5.41) is 26.9. The predicted octanol–water partition coefficient (Wildman–Crippen LogP) is 5.04. The molecule has 3 aromatic rings. The van der Waals surface area contributed by atoms with Crippen molar-refractivity contribution >= 4 is 35.5 Å². The van der Waals surface area contributed by atoms with Crippen molar-refractivity contribution in [1.29, 1.82) is 15.8 Å². The van der Waals surface area contributed by atoms with Crippen LogP contribution in [0.25, 0.3) is 0 Å². The molecule has 200 valence electrons. The van der Waals surface area contributed by atoms with E-state index in [1.54, 1.807) is 51.7 Å². The summed E-state index contributed by atoms with van der Waals surface area (Å²) in [6.45, 7) is 5.05.